The van der Waals surface area contributed by atoms with E-state index in [0.29, 0.717) is 25.0 Å². The molecule has 1 aromatic rings. The van der Waals surface area contributed by atoms with Crippen molar-refractivity contribution in [2.75, 3.05) is 0 Å². The van der Waals surface area contributed by atoms with E-state index in [1.54, 1.807) is 0 Å². The number of nitriles is 1. The normalized spacial score (nSPS) is 15.8. The smallest absolute Gasteiger partial charge is 0.285 e. The molecule has 0 aromatic heterocycles. The molecule has 104 valence electrons. The van der Waals surface area contributed by atoms with Gasteiger partial charge in [-0.25, -0.2) is 8.78 Å². The van der Waals surface area contributed by atoms with Crippen LogP contribution in [0.5, 0.6) is 0 Å². The molecule has 0 heterocycles. The van der Waals surface area contributed by atoms with E-state index < -0.39 is 39.3 Å². The van der Waals surface area contributed by atoms with Crippen LogP contribution in [-0.4, -0.2) is 16.4 Å². The Balaban J connectivity index is 2.37. The molecule has 1 aliphatic carbocycles. The number of amides is 1. The summed E-state index contributed by atoms with van der Waals surface area (Å²) in [7, 11) is 0. The largest absolute Gasteiger partial charge is 0.333 e. The zero-order valence-corrected chi connectivity index (χ0v) is 10.2. The molecule has 0 atom stereocenters. The molecular formula is C12H9F2N3O3. The number of nitro benzene ring substituents is 1. The molecule has 1 aliphatic rings. The lowest BCUT2D eigenvalue weighted by Gasteiger charge is -2.35. The van der Waals surface area contributed by atoms with Crippen molar-refractivity contribution < 1.29 is 18.5 Å². The van der Waals surface area contributed by atoms with Crippen molar-refractivity contribution in [1.82, 2.24) is 5.32 Å². The van der Waals surface area contributed by atoms with Crippen molar-refractivity contribution in [2.24, 2.45) is 0 Å². The van der Waals surface area contributed by atoms with Crippen LogP contribution < -0.4 is 5.32 Å². The van der Waals surface area contributed by atoms with E-state index in [-0.39, 0.29) is 0 Å². The van der Waals surface area contributed by atoms with Gasteiger partial charge in [-0.2, -0.15) is 5.26 Å². The van der Waals surface area contributed by atoms with E-state index in [0.717, 1.165) is 6.42 Å². The lowest BCUT2D eigenvalue weighted by Crippen LogP contribution is -2.52. The van der Waals surface area contributed by atoms with E-state index in [1.807, 2.05) is 6.07 Å². The molecular weight excluding hydrogens is 272 g/mol. The Morgan fingerprint density at radius 3 is 2.45 bits per heavy atom. The summed E-state index contributed by atoms with van der Waals surface area (Å²) >= 11 is 0. The number of nitrogens with zero attached hydrogens (tertiary/aromatic N) is 2. The van der Waals surface area contributed by atoms with Crippen LogP contribution in [0.1, 0.15) is 29.6 Å². The monoisotopic (exact) mass is 281 g/mol. The maximum atomic E-state index is 13.2. The minimum atomic E-state index is -1.41. The molecule has 1 amide bonds. The van der Waals surface area contributed by atoms with E-state index in [4.69, 9.17) is 5.26 Å². The topological polar surface area (TPSA) is 96.0 Å². The fourth-order valence-electron chi connectivity index (χ4n) is 1.95. The van der Waals surface area contributed by atoms with Gasteiger partial charge in [-0.05, 0) is 25.3 Å². The van der Waals surface area contributed by atoms with Crippen LogP contribution in [-0.2, 0) is 0 Å². The molecule has 2 rings (SSSR count). The second kappa shape index (κ2) is 4.85. The third kappa shape index (κ3) is 2.30. The van der Waals surface area contributed by atoms with Gasteiger partial charge in [-0.1, -0.05) is 0 Å². The SMILES string of the molecule is N#CC1(NC(=O)c2cc(F)c(F)cc2[N+](=O)[O-])CCC1. The first-order chi connectivity index (χ1) is 9.38. The highest BCUT2D eigenvalue weighted by atomic mass is 19.2. The average molecular weight is 281 g/mol. The second-order valence-electron chi connectivity index (χ2n) is 4.54. The van der Waals surface area contributed by atoms with Crippen molar-refractivity contribution in [2.45, 2.75) is 24.8 Å². The summed E-state index contributed by atoms with van der Waals surface area (Å²) in [5, 5.41) is 22.1. The van der Waals surface area contributed by atoms with Crippen molar-refractivity contribution >= 4 is 11.6 Å². The molecule has 0 spiro atoms. The van der Waals surface area contributed by atoms with Crippen LogP contribution in [0.4, 0.5) is 14.5 Å². The Morgan fingerprint density at radius 2 is 2.00 bits per heavy atom. The van der Waals surface area contributed by atoms with E-state index in [1.165, 1.54) is 0 Å². The van der Waals surface area contributed by atoms with E-state index in [9.17, 15) is 23.7 Å². The van der Waals surface area contributed by atoms with Gasteiger partial charge in [0.05, 0.1) is 17.1 Å². The summed E-state index contributed by atoms with van der Waals surface area (Å²) in [4.78, 5) is 21.7. The third-order valence-corrected chi connectivity index (χ3v) is 3.25. The van der Waals surface area contributed by atoms with Gasteiger partial charge in [0.15, 0.2) is 11.6 Å². The molecule has 1 aromatic carbocycles. The number of nitrogens with one attached hydrogen (secondary N) is 1. The fraction of sp³-hybridized carbons (Fsp3) is 0.333. The minimum Gasteiger partial charge on any atom is -0.333 e. The summed E-state index contributed by atoms with van der Waals surface area (Å²) in [5.74, 6) is -3.73. The van der Waals surface area contributed by atoms with Crippen LogP contribution in [0, 0.1) is 33.1 Å². The van der Waals surface area contributed by atoms with Gasteiger partial charge in [0.2, 0.25) is 0 Å². The number of rotatable bonds is 3. The highest BCUT2D eigenvalue weighted by Gasteiger charge is 2.40. The van der Waals surface area contributed by atoms with Gasteiger partial charge in [0.25, 0.3) is 11.6 Å². The van der Waals surface area contributed by atoms with Crippen molar-refractivity contribution in [3.63, 3.8) is 0 Å². The average Bonchev–Trinajstić information content (AvgIpc) is 2.36. The zero-order valence-electron chi connectivity index (χ0n) is 10.2. The molecule has 20 heavy (non-hydrogen) atoms. The highest BCUT2D eigenvalue weighted by molar-refractivity contribution is 5.98. The molecule has 0 saturated heterocycles. The molecule has 1 N–H and O–H groups in total. The molecule has 1 saturated carbocycles. The maximum Gasteiger partial charge on any atom is 0.285 e. The molecule has 0 unspecified atom stereocenters. The van der Waals surface area contributed by atoms with Gasteiger partial charge in [-0.15, -0.1) is 0 Å². The molecule has 8 heteroatoms. The minimum absolute atomic E-state index is 0.351. The molecule has 6 nitrogen and oxygen atoms in total. The predicted molar refractivity (Wildman–Crippen MR) is 62.7 cm³/mol. The number of hydrogen-bond donors (Lipinski definition) is 1. The van der Waals surface area contributed by atoms with Crippen LogP contribution in [0.3, 0.4) is 0 Å². The Kier molecular flexibility index (Phi) is 3.36. The lowest BCUT2D eigenvalue weighted by atomic mass is 9.78. The number of hydrogen-bond acceptors (Lipinski definition) is 4. The predicted octanol–water partition coefficient (Wildman–Crippen LogP) is 2.05. The van der Waals surface area contributed by atoms with Crippen molar-refractivity contribution in [3.05, 3.63) is 39.4 Å². The number of benzene rings is 1. The summed E-state index contributed by atoms with van der Waals surface area (Å²) in [5.41, 5.74) is -2.51. The van der Waals surface area contributed by atoms with Gasteiger partial charge in [0, 0.05) is 0 Å². The number of carbonyl (C=O) groups is 1. The Morgan fingerprint density at radius 1 is 1.40 bits per heavy atom. The Hall–Kier alpha value is -2.56. The first-order valence-electron chi connectivity index (χ1n) is 5.76. The van der Waals surface area contributed by atoms with Crippen LogP contribution >= 0.6 is 0 Å². The van der Waals surface area contributed by atoms with Crippen LogP contribution in [0.2, 0.25) is 0 Å². The van der Waals surface area contributed by atoms with Gasteiger partial charge in [-0.3, -0.25) is 14.9 Å². The summed E-state index contributed by atoms with van der Waals surface area (Å²) in [6, 6.07) is 2.74. The number of carbonyl (C=O) groups excluding carboxylic acids is 1. The molecule has 1 fully saturated rings. The van der Waals surface area contributed by atoms with Crippen molar-refractivity contribution in [3.8, 4) is 6.07 Å². The number of halogens is 2. The Bertz CT molecular complexity index is 636. The van der Waals surface area contributed by atoms with Gasteiger partial charge in [0.1, 0.15) is 11.1 Å². The quantitative estimate of drug-likeness (QED) is 0.677. The zero-order chi connectivity index (χ0) is 14.9. The number of nitro groups is 1. The fourth-order valence-corrected chi connectivity index (χ4v) is 1.95. The van der Waals surface area contributed by atoms with Crippen molar-refractivity contribution in [1.29, 1.82) is 5.26 Å². The first kappa shape index (κ1) is 13.9. The molecule has 0 aliphatic heterocycles. The standard InChI is InChI=1S/C12H9F2N3O3/c13-8-4-7(10(17(19)20)5-9(8)14)11(18)16-12(6-15)2-1-3-12/h4-5H,1-3H2,(H,16,18). The maximum absolute atomic E-state index is 13.2. The molecule has 0 bridgehead atoms. The third-order valence-electron chi connectivity index (χ3n) is 3.25. The van der Waals surface area contributed by atoms with E-state index >= 15 is 0 Å². The second-order valence-corrected chi connectivity index (χ2v) is 4.54. The first-order valence-corrected chi connectivity index (χ1v) is 5.76. The summed E-state index contributed by atoms with van der Waals surface area (Å²) < 4.78 is 26.2. The lowest BCUT2D eigenvalue weighted by molar-refractivity contribution is -0.385. The summed E-state index contributed by atoms with van der Waals surface area (Å²) in [6.07, 6.45) is 1.59. The van der Waals surface area contributed by atoms with Crippen LogP contribution in [0.15, 0.2) is 12.1 Å². The van der Waals surface area contributed by atoms with Crippen LogP contribution in [0.25, 0.3) is 0 Å². The highest BCUT2D eigenvalue weighted by Crippen LogP contribution is 2.32. The van der Waals surface area contributed by atoms with E-state index in [2.05, 4.69) is 5.32 Å². The molecule has 0 radical (unpaired) electrons. The summed E-state index contributed by atoms with van der Waals surface area (Å²) in [6.45, 7) is 0. The Labute approximate surface area is 112 Å². The van der Waals surface area contributed by atoms with Gasteiger partial charge >= 0.3 is 0 Å². The van der Waals surface area contributed by atoms with Gasteiger partial charge < -0.3 is 5.32 Å².